The lowest BCUT2D eigenvalue weighted by Gasteiger charge is -2.20. The first kappa shape index (κ1) is 18.8. The van der Waals surface area contributed by atoms with Crippen LogP contribution in [0.25, 0.3) is 5.69 Å². The zero-order valence-corrected chi connectivity index (χ0v) is 17.1. The number of ether oxygens (including phenoxy) is 2. The van der Waals surface area contributed by atoms with Crippen LogP contribution < -0.4 is 14.8 Å². The van der Waals surface area contributed by atoms with Gasteiger partial charge in [-0.3, -0.25) is 0 Å². The summed E-state index contributed by atoms with van der Waals surface area (Å²) in [6, 6.07) is 23.0. The lowest BCUT2D eigenvalue weighted by molar-refractivity contribution is 0.414. The Hall–Kier alpha value is -4.20. The van der Waals surface area contributed by atoms with E-state index < -0.39 is 0 Å². The van der Waals surface area contributed by atoms with Gasteiger partial charge in [0.25, 0.3) is 0 Å². The third-order valence-electron chi connectivity index (χ3n) is 5.16. The van der Waals surface area contributed by atoms with Gasteiger partial charge in [-0.25, -0.2) is 4.99 Å². The van der Waals surface area contributed by atoms with Crippen molar-refractivity contribution in [3.63, 3.8) is 0 Å². The molecule has 0 saturated heterocycles. The Kier molecular flexibility index (Phi) is 4.80. The van der Waals surface area contributed by atoms with E-state index in [1.54, 1.807) is 18.9 Å². The molecule has 0 aliphatic carbocycles. The molecule has 31 heavy (non-hydrogen) atoms. The predicted molar refractivity (Wildman–Crippen MR) is 118 cm³/mol. The maximum absolute atomic E-state index is 5.32. The number of tetrazole rings is 1. The van der Waals surface area contributed by atoms with Crippen molar-refractivity contribution in [1.82, 2.24) is 20.2 Å². The highest BCUT2D eigenvalue weighted by Gasteiger charge is 2.30. The lowest BCUT2D eigenvalue weighted by Crippen LogP contribution is -2.24. The number of rotatable bonds is 5. The number of hydrogen-bond donors (Lipinski definition) is 1. The third kappa shape index (κ3) is 3.48. The fourth-order valence-corrected chi connectivity index (χ4v) is 3.58. The Morgan fingerprint density at radius 3 is 2.23 bits per heavy atom. The second-order valence-corrected chi connectivity index (χ2v) is 6.97. The van der Waals surface area contributed by atoms with Crippen molar-refractivity contribution in [3.05, 3.63) is 84.2 Å². The first-order chi connectivity index (χ1) is 15.3. The molecule has 0 fully saturated rings. The van der Waals surface area contributed by atoms with Crippen molar-refractivity contribution in [2.24, 2.45) is 4.99 Å². The van der Waals surface area contributed by atoms with E-state index >= 15 is 0 Å². The molecular formula is C23H20N6O2. The van der Waals surface area contributed by atoms with Gasteiger partial charge in [0, 0.05) is 5.69 Å². The number of methoxy groups -OCH3 is 2. The zero-order chi connectivity index (χ0) is 21.2. The van der Waals surface area contributed by atoms with Crippen LogP contribution in [-0.2, 0) is 0 Å². The van der Waals surface area contributed by atoms with Crippen molar-refractivity contribution in [2.75, 3.05) is 19.5 Å². The third-order valence-corrected chi connectivity index (χ3v) is 5.16. The molecule has 3 aromatic carbocycles. The van der Waals surface area contributed by atoms with Gasteiger partial charge in [0.1, 0.15) is 17.5 Å². The molecule has 0 spiro atoms. The lowest BCUT2D eigenvalue weighted by atomic mass is 10.0. The highest BCUT2D eigenvalue weighted by atomic mass is 16.5. The molecule has 1 atom stereocenters. The van der Waals surface area contributed by atoms with Gasteiger partial charge in [-0.05, 0) is 76.7 Å². The molecule has 1 aliphatic heterocycles. The Bertz CT molecular complexity index is 1230. The molecule has 4 aromatic rings. The van der Waals surface area contributed by atoms with Crippen LogP contribution >= 0.6 is 0 Å². The molecular weight excluding hydrogens is 392 g/mol. The van der Waals surface area contributed by atoms with Crippen LogP contribution in [0.4, 0.5) is 11.4 Å². The second-order valence-electron chi connectivity index (χ2n) is 6.97. The molecule has 0 bridgehead atoms. The Morgan fingerprint density at radius 1 is 0.839 bits per heavy atom. The first-order valence-electron chi connectivity index (χ1n) is 9.78. The van der Waals surface area contributed by atoms with Crippen LogP contribution in [0.1, 0.15) is 17.4 Å². The number of anilines is 1. The summed E-state index contributed by atoms with van der Waals surface area (Å²) in [5.74, 6) is 2.21. The highest BCUT2D eigenvalue weighted by molar-refractivity contribution is 6.08. The molecule has 1 aliphatic rings. The van der Waals surface area contributed by atoms with Gasteiger partial charge >= 0.3 is 0 Å². The zero-order valence-electron chi connectivity index (χ0n) is 17.1. The van der Waals surface area contributed by atoms with Crippen molar-refractivity contribution in [3.8, 4) is 17.2 Å². The van der Waals surface area contributed by atoms with Gasteiger partial charge in [-0.1, -0.05) is 12.1 Å². The summed E-state index contributed by atoms with van der Waals surface area (Å²) in [4.78, 5) is 5.02. The van der Waals surface area contributed by atoms with Gasteiger partial charge in [0.05, 0.1) is 31.3 Å². The number of hydrogen-bond acceptors (Lipinski definition) is 7. The number of para-hydroxylation sites is 2. The standard InChI is InChI=1S/C23H20N6O2/c1-30-17-11-7-15(8-12-17)21-22(24-16-9-13-18(31-2)14-10-16)23-26-27-28-29(23)20-6-4-3-5-19(20)25-21/h3-14,22,24H,1-2H3. The summed E-state index contributed by atoms with van der Waals surface area (Å²) in [5, 5.41) is 16.1. The van der Waals surface area contributed by atoms with Crippen LogP contribution in [-0.4, -0.2) is 40.1 Å². The van der Waals surface area contributed by atoms with Gasteiger partial charge in [-0.2, -0.15) is 4.68 Å². The molecule has 8 heteroatoms. The van der Waals surface area contributed by atoms with Gasteiger partial charge in [0.15, 0.2) is 5.82 Å². The fourth-order valence-electron chi connectivity index (χ4n) is 3.58. The average Bonchev–Trinajstić information content (AvgIpc) is 3.27. The normalized spacial score (nSPS) is 14.6. The summed E-state index contributed by atoms with van der Waals surface area (Å²) in [5.41, 5.74) is 4.26. The van der Waals surface area contributed by atoms with E-state index in [9.17, 15) is 0 Å². The second kappa shape index (κ2) is 7.91. The highest BCUT2D eigenvalue weighted by Crippen LogP contribution is 2.34. The Balaban J connectivity index is 1.66. The van der Waals surface area contributed by atoms with Crippen molar-refractivity contribution >= 4 is 17.1 Å². The smallest absolute Gasteiger partial charge is 0.185 e. The molecule has 8 nitrogen and oxygen atoms in total. The Morgan fingerprint density at radius 2 is 1.52 bits per heavy atom. The maximum atomic E-state index is 5.32. The molecule has 5 rings (SSSR count). The number of aliphatic imine (C=N–C) groups is 1. The number of fused-ring (bicyclic) bond motifs is 3. The van der Waals surface area contributed by atoms with Crippen LogP contribution in [0.2, 0.25) is 0 Å². The van der Waals surface area contributed by atoms with Crippen LogP contribution in [0.15, 0.2) is 77.8 Å². The average molecular weight is 412 g/mol. The first-order valence-corrected chi connectivity index (χ1v) is 9.78. The minimum absolute atomic E-state index is 0.385. The minimum Gasteiger partial charge on any atom is -0.497 e. The summed E-state index contributed by atoms with van der Waals surface area (Å²) in [6.45, 7) is 0. The van der Waals surface area contributed by atoms with Crippen molar-refractivity contribution < 1.29 is 9.47 Å². The summed E-state index contributed by atoms with van der Waals surface area (Å²) >= 11 is 0. The Labute approximate surface area is 179 Å². The van der Waals surface area contributed by atoms with E-state index in [-0.39, 0.29) is 6.04 Å². The molecule has 0 amide bonds. The molecule has 154 valence electrons. The van der Waals surface area contributed by atoms with Gasteiger partial charge in [-0.15, -0.1) is 5.10 Å². The van der Waals surface area contributed by atoms with E-state index in [1.165, 1.54) is 0 Å². The molecule has 2 heterocycles. The summed E-state index contributed by atoms with van der Waals surface area (Å²) < 4.78 is 12.3. The monoisotopic (exact) mass is 412 g/mol. The van der Waals surface area contributed by atoms with Crippen LogP contribution in [0, 0.1) is 0 Å². The van der Waals surface area contributed by atoms with Crippen molar-refractivity contribution in [2.45, 2.75) is 6.04 Å². The SMILES string of the molecule is COc1ccc(NC2C(c3ccc(OC)cc3)=Nc3ccccc3-n3nnnc32)cc1. The van der Waals surface area contributed by atoms with E-state index in [2.05, 4.69) is 20.8 Å². The van der Waals surface area contributed by atoms with Crippen molar-refractivity contribution in [1.29, 1.82) is 0 Å². The molecule has 1 aromatic heterocycles. The summed E-state index contributed by atoms with van der Waals surface area (Å²) in [6.07, 6.45) is 0. The van der Waals surface area contributed by atoms with Crippen LogP contribution in [0.3, 0.4) is 0 Å². The molecule has 0 saturated carbocycles. The molecule has 1 N–H and O–H groups in total. The maximum Gasteiger partial charge on any atom is 0.185 e. The van der Waals surface area contributed by atoms with Gasteiger partial charge in [0.2, 0.25) is 0 Å². The topological polar surface area (TPSA) is 86.5 Å². The van der Waals surface area contributed by atoms with E-state index in [0.717, 1.165) is 39.8 Å². The van der Waals surface area contributed by atoms with E-state index in [0.29, 0.717) is 5.82 Å². The van der Waals surface area contributed by atoms with E-state index in [1.807, 2.05) is 72.8 Å². The van der Waals surface area contributed by atoms with E-state index in [4.69, 9.17) is 14.5 Å². The predicted octanol–water partition coefficient (Wildman–Crippen LogP) is 3.97. The quantitative estimate of drug-likeness (QED) is 0.534. The number of nitrogens with zero attached hydrogens (tertiary/aromatic N) is 5. The number of nitrogens with one attached hydrogen (secondary N) is 1. The minimum atomic E-state index is -0.385. The molecule has 1 unspecified atom stereocenters. The van der Waals surface area contributed by atoms with Crippen LogP contribution in [0.5, 0.6) is 11.5 Å². The number of aromatic nitrogens is 4. The van der Waals surface area contributed by atoms with Gasteiger partial charge < -0.3 is 14.8 Å². The molecule has 0 radical (unpaired) electrons. The fraction of sp³-hybridized carbons (Fsp3) is 0.130. The summed E-state index contributed by atoms with van der Waals surface area (Å²) in [7, 11) is 3.30. The number of benzene rings is 3. The largest absolute Gasteiger partial charge is 0.497 e.